The Morgan fingerprint density at radius 2 is 1.85 bits per heavy atom. The minimum absolute atomic E-state index is 0.0561. The van der Waals surface area contributed by atoms with Crippen molar-refractivity contribution in [2.45, 2.75) is 44.4 Å². The Morgan fingerprint density at radius 3 is 2.56 bits per heavy atom. The molecule has 9 nitrogen and oxygen atoms in total. The van der Waals surface area contributed by atoms with Crippen LogP contribution in [0.4, 0.5) is 26.1 Å². The van der Waals surface area contributed by atoms with Crippen molar-refractivity contribution in [2.24, 2.45) is 0 Å². The van der Waals surface area contributed by atoms with Crippen LogP contribution in [0.5, 0.6) is 5.75 Å². The van der Waals surface area contributed by atoms with Crippen molar-refractivity contribution in [3.8, 4) is 17.0 Å². The minimum Gasteiger partial charge on any atom is -0.486 e. The Hall–Kier alpha value is -3.35. The van der Waals surface area contributed by atoms with Crippen molar-refractivity contribution < 1.29 is 21.9 Å². The normalized spacial score (nSPS) is 16.5. The van der Waals surface area contributed by atoms with Crippen LogP contribution in [0.2, 0.25) is 0 Å². The van der Waals surface area contributed by atoms with Gasteiger partial charge in [0, 0.05) is 17.3 Å². The average molecular weight is 587 g/mol. The van der Waals surface area contributed by atoms with E-state index in [2.05, 4.69) is 32.0 Å². The molecule has 2 N–H and O–H groups in total. The molecule has 0 aliphatic carbocycles. The number of hydrogen-bond acceptors (Lipinski definition) is 8. The summed E-state index contributed by atoms with van der Waals surface area (Å²) in [5, 5.41) is 3.09. The zero-order valence-corrected chi connectivity index (χ0v) is 24.6. The number of hydrogen-bond donors (Lipinski definition) is 2. The van der Waals surface area contributed by atoms with Crippen LogP contribution in [0, 0.1) is 11.6 Å². The summed E-state index contributed by atoms with van der Waals surface area (Å²) in [6.07, 6.45) is 2.92. The van der Waals surface area contributed by atoms with E-state index >= 15 is 4.39 Å². The highest BCUT2D eigenvalue weighted by molar-refractivity contribution is 7.88. The molecule has 12 heteroatoms. The fraction of sp³-hybridized carbons (Fsp3) is 0.448. The number of sulfonamides is 1. The van der Waals surface area contributed by atoms with Crippen molar-refractivity contribution in [1.29, 1.82) is 0 Å². The summed E-state index contributed by atoms with van der Waals surface area (Å²) < 4.78 is 63.0. The third-order valence-electron chi connectivity index (χ3n) is 7.77. The molecular formula is C29H36F2N6O3S. The van der Waals surface area contributed by atoms with Gasteiger partial charge in [-0.2, -0.15) is 0 Å². The molecule has 3 aromatic rings. The number of nitrogens with zero attached hydrogens (tertiary/aromatic N) is 4. The summed E-state index contributed by atoms with van der Waals surface area (Å²) in [6, 6.07) is 8.58. The molecule has 220 valence electrons. The van der Waals surface area contributed by atoms with E-state index in [0.717, 1.165) is 37.7 Å². The predicted octanol–water partition coefficient (Wildman–Crippen LogP) is 4.63. The van der Waals surface area contributed by atoms with Gasteiger partial charge in [0.1, 0.15) is 12.3 Å². The summed E-state index contributed by atoms with van der Waals surface area (Å²) in [5.74, 6) is -0.944. The van der Waals surface area contributed by atoms with Crippen LogP contribution in [0.15, 0.2) is 36.5 Å². The third-order valence-corrected chi connectivity index (χ3v) is 9.08. The van der Waals surface area contributed by atoms with E-state index in [1.54, 1.807) is 12.1 Å². The van der Waals surface area contributed by atoms with E-state index in [1.165, 1.54) is 13.1 Å². The fourth-order valence-corrected chi connectivity index (χ4v) is 6.34. The first kappa shape index (κ1) is 29.2. The van der Waals surface area contributed by atoms with E-state index in [0.29, 0.717) is 30.1 Å². The molecule has 0 bridgehead atoms. The molecular weight excluding hydrogens is 550 g/mol. The monoisotopic (exact) mass is 586 g/mol. The fourth-order valence-electron chi connectivity index (χ4n) is 5.54. The predicted molar refractivity (Wildman–Crippen MR) is 156 cm³/mol. The molecule has 5 rings (SSSR count). The molecule has 0 amide bonds. The van der Waals surface area contributed by atoms with Gasteiger partial charge in [-0.3, -0.25) is 0 Å². The molecule has 1 saturated heterocycles. The molecule has 0 unspecified atom stereocenters. The van der Waals surface area contributed by atoms with Gasteiger partial charge in [0.05, 0.1) is 24.2 Å². The smallest absolute Gasteiger partial charge is 0.227 e. The van der Waals surface area contributed by atoms with Crippen molar-refractivity contribution in [3.05, 3.63) is 59.3 Å². The Morgan fingerprint density at radius 1 is 1.10 bits per heavy atom. The highest BCUT2D eigenvalue weighted by atomic mass is 32.2. The zero-order valence-electron chi connectivity index (χ0n) is 23.7. The summed E-state index contributed by atoms with van der Waals surface area (Å²) >= 11 is 0. The lowest BCUT2D eigenvalue weighted by Gasteiger charge is -2.34. The highest BCUT2D eigenvalue weighted by Gasteiger charge is 2.26. The summed E-state index contributed by atoms with van der Waals surface area (Å²) in [7, 11) is -0.0417. The Kier molecular flexibility index (Phi) is 8.44. The molecule has 0 radical (unpaired) electrons. The molecule has 3 heterocycles. The first-order chi connectivity index (χ1) is 19.5. The summed E-state index contributed by atoms with van der Waals surface area (Å²) in [6.45, 7) is 6.85. The molecule has 0 saturated carbocycles. The van der Waals surface area contributed by atoms with Crippen LogP contribution in [0.25, 0.3) is 11.3 Å². The standard InChI is InChI=1S/C29H36F2N6O3S/c1-18(2)37-11-12-40-28-24(30)14-20(15-26(28)37)27-25(31)16-33-29(35-27)34-22-5-6-23(19-7-9-36(4)10-8-19)21(13-22)17-41(38,39)32-3/h5-6,13-16,18-19,32H,7-12,17H2,1-4H3,(H,33,34,35). The average Bonchev–Trinajstić information content (AvgIpc) is 2.94. The number of fused-ring (bicyclic) bond motifs is 1. The SMILES string of the molecule is CNS(=O)(=O)Cc1cc(Nc2ncc(F)c(-c3cc(F)c4c(c3)N(C(C)C)CCO4)n2)ccc1C1CCN(C)CC1. The lowest BCUT2D eigenvalue weighted by atomic mass is 9.87. The number of benzene rings is 2. The highest BCUT2D eigenvalue weighted by Crippen LogP contribution is 2.39. The van der Waals surface area contributed by atoms with Gasteiger partial charge >= 0.3 is 0 Å². The second kappa shape index (κ2) is 11.9. The number of aromatic nitrogens is 2. The first-order valence-electron chi connectivity index (χ1n) is 13.8. The maximum Gasteiger partial charge on any atom is 0.227 e. The van der Waals surface area contributed by atoms with Crippen molar-refractivity contribution >= 4 is 27.3 Å². The van der Waals surface area contributed by atoms with E-state index in [1.807, 2.05) is 30.9 Å². The van der Waals surface area contributed by atoms with Gasteiger partial charge in [-0.25, -0.2) is 31.9 Å². The molecule has 2 aromatic carbocycles. The first-order valence-corrected chi connectivity index (χ1v) is 15.5. The maximum absolute atomic E-state index is 15.1. The second-order valence-electron chi connectivity index (χ2n) is 10.9. The van der Waals surface area contributed by atoms with Crippen LogP contribution in [-0.2, 0) is 15.8 Å². The molecule has 1 fully saturated rings. The lowest BCUT2D eigenvalue weighted by Crippen LogP contribution is -2.38. The minimum atomic E-state index is -3.52. The lowest BCUT2D eigenvalue weighted by molar-refractivity contribution is 0.255. The van der Waals surface area contributed by atoms with E-state index in [-0.39, 0.29) is 40.7 Å². The number of ether oxygens (including phenoxy) is 1. The maximum atomic E-state index is 15.1. The number of halogens is 2. The molecule has 0 atom stereocenters. The van der Waals surface area contributed by atoms with Gasteiger partial charge in [0.15, 0.2) is 17.4 Å². The van der Waals surface area contributed by atoms with Crippen molar-refractivity contribution in [2.75, 3.05) is 50.6 Å². The largest absolute Gasteiger partial charge is 0.486 e. The van der Waals surface area contributed by atoms with Crippen molar-refractivity contribution in [1.82, 2.24) is 19.6 Å². The molecule has 0 spiro atoms. The third kappa shape index (κ3) is 6.44. The van der Waals surface area contributed by atoms with Crippen LogP contribution in [0.1, 0.15) is 43.7 Å². The van der Waals surface area contributed by atoms with Gasteiger partial charge in [-0.15, -0.1) is 0 Å². The number of anilines is 3. The van der Waals surface area contributed by atoms with Gasteiger partial charge < -0.3 is 19.9 Å². The summed E-state index contributed by atoms with van der Waals surface area (Å²) in [4.78, 5) is 12.7. The van der Waals surface area contributed by atoms with E-state index < -0.39 is 21.7 Å². The van der Waals surface area contributed by atoms with Crippen molar-refractivity contribution in [3.63, 3.8) is 0 Å². The van der Waals surface area contributed by atoms with E-state index in [9.17, 15) is 12.8 Å². The van der Waals surface area contributed by atoms with Crippen LogP contribution in [-0.4, -0.2) is 69.7 Å². The second-order valence-corrected chi connectivity index (χ2v) is 12.8. The quantitative estimate of drug-likeness (QED) is 0.394. The molecule has 41 heavy (non-hydrogen) atoms. The van der Waals surface area contributed by atoms with Gasteiger partial charge in [0.2, 0.25) is 16.0 Å². The van der Waals surface area contributed by atoms with Gasteiger partial charge in [0.25, 0.3) is 0 Å². The molecule has 2 aliphatic heterocycles. The number of piperidine rings is 1. The Labute approximate surface area is 240 Å². The molecule has 1 aromatic heterocycles. The van der Waals surface area contributed by atoms with Gasteiger partial charge in [-0.1, -0.05) is 6.07 Å². The molecule has 2 aliphatic rings. The Bertz CT molecular complexity index is 1530. The van der Waals surface area contributed by atoms with E-state index in [4.69, 9.17) is 4.74 Å². The van der Waals surface area contributed by atoms with Crippen LogP contribution >= 0.6 is 0 Å². The summed E-state index contributed by atoms with van der Waals surface area (Å²) in [5.41, 5.74) is 3.01. The van der Waals surface area contributed by atoms with Crippen LogP contribution in [0.3, 0.4) is 0 Å². The number of rotatable bonds is 8. The Balaban J connectivity index is 1.47. The van der Waals surface area contributed by atoms with Crippen LogP contribution < -0.4 is 19.7 Å². The number of likely N-dealkylation sites (tertiary alicyclic amines) is 1. The number of nitrogens with one attached hydrogen (secondary N) is 2. The zero-order chi connectivity index (χ0) is 29.3. The van der Waals surface area contributed by atoms with Gasteiger partial charge in [-0.05, 0) is 95.2 Å². The topological polar surface area (TPSA) is 99.7 Å².